The first kappa shape index (κ1) is 20.9. The summed E-state index contributed by atoms with van der Waals surface area (Å²) in [6, 6.07) is 19.1. The van der Waals surface area contributed by atoms with Crippen LogP contribution in [0.25, 0.3) is 33.4 Å². The van der Waals surface area contributed by atoms with Crippen LogP contribution in [0.15, 0.2) is 80.5 Å². The van der Waals surface area contributed by atoms with Crippen molar-refractivity contribution in [3.05, 3.63) is 93.3 Å². The molecule has 5 rings (SSSR count). The average Bonchev–Trinajstić information content (AvgIpc) is 3.38. The van der Waals surface area contributed by atoms with E-state index in [9.17, 15) is 14.0 Å². The maximum Gasteiger partial charge on any atom is 0.439 e. The number of hydrogen-bond acceptors (Lipinski definition) is 4. The zero-order chi connectivity index (χ0) is 23.1. The van der Waals surface area contributed by atoms with E-state index >= 15 is 0 Å². The first-order chi connectivity index (χ1) is 15.9. The number of fused-ring (bicyclic) bond motifs is 1. The minimum atomic E-state index is -0.693. The van der Waals surface area contributed by atoms with Gasteiger partial charge in [-0.25, -0.2) is 9.18 Å². The van der Waals surface area contributed by atoms with Crippen molar-refractivity contribution in [2.45, 2.75) is 0 Å². The number of H-pyrrole nitrogens is 1. The molecule has 0 aliphatic rings. The van der Waals surface area contributed by atoms with Gasteiger partial charge in [0.05, 0.1) is 5.69 Å². The molecule has 3 aromatic carbocycles. The first-order valence-corrected chi connectivity index (χ1v) is 10.7. The van der Waals surface area contributed by atoms with E-state index in [0.717, 1.165) is 20.9 Å². The zero-order valence-corrected chi connectivity index (χ0v) is 18.8. The molecule has 164 valence electrons. The number of aromatic amines is 1. The summed E-state index contributed by atoms with van der Waals surface area (Å²) in [4.78, 5) is 27.0. The third-order valence-corrected chi connectivity index (χ3v) is 5.88. The van der Waals surface area contributed by atoms with E-state index in [0.29, 0.717) is 22.5 Å². The molecule has 9 heteroatoms. The van der Waals surface area contributed by atoms with E-state index in [4.69, 9.17) is 0 Å². The van der Waals surface area contributed by atoms with Crippen molar-refractivity contribution in [1.82, 2.24) is 14.7 Å². The van der Waals surface area contributed by atoms with Crippen LogP contribution in [0.4, 0.5) is 10.1 Å². The maximum absolute atomic E-state index is 14.3. The van der Waals surface area contributed by atoms with E-state index in [2.05, 4.69) is 35.9 Å². The van der Waals surface area contributed by atoms with Crippen LogP contribution in [-0.2, 0) is 7.05 Å². The van der Waals surface area contributed by atoms with Crippen molar-refractivity contribution in [3.8, 4) is 22.5 Å². The molecule has 1 amide bonds. The molecule has 7 nitrogen and oxygen atoms in total. The van der Waals surface area contributed by atoms with E-state index in [-0.39, 0.29) is 17.5 Å². The average molecular weight is 507 g/mol. The van der Waals surface area contributed by atoms with Crippen LogP contribution in [0.2, 0.25) is 0 Å². The fourth-order valence-electron chi connectivity index (χ4n) is 3.76. The third kappa shape index (κ3) is 3.87. The van der Waals surface area contributed by atoms with Gasteiger partial charge >= 0.3 is 5.76 Å². The summed E-state index contributed by atoms with van der Waals surface area (Å²) in [6.45, 7) is 0. The number of nitrogens with one attached hydrogen (secondary N) is 2. The lowest BCUT2D eigenvalue weighted by Gasteiger charge is -2.10. The summed E-state index contributed by atoms with van der Waals surface area (Å²) in [7, 11) is 1.78. The monoisotopic (exact) mass is 506 g/mol. The number of halogens is 2. The number of benzene rings is 3. The van der Waals surface area contributed by atoms with E-state index in [1.165, 1.54) is 6.07 Å². The van der Waals surface area contributed by atoms with Crippen LogP contribution in [-0.4, -0.2) is 20.6 Å². The molecular weight excluding hydrogens is 491 g/mol. The predicted molar refractivity (Wildman–Crippen MR) is 127 cm³/mol. The Morgan fingerprint density at radius 3 is 2.67 bits per heavy atom. The Bertz CT molecular complexity index is 1580. The molecule has 2 heterocycles. The van der Waals surface area contributed by atoms with Gasteiger partial charge in [0.1, 0.15) is 11.5 Å². The summed E-state index contributed by atoms with van der Waals surface area (Å²) in [5.41, 5.74) is 3.36. The van der Waals surface area contributed by atoms with E-state index in [1.807, 2.05) is 18.2 Å². The lowest BCUT2D eigenvalue weighted by molar-refractivity contribution is 0.102. The highest BCUT2D eigenvalue weighted by Gasteiger charge is 2.18. The molecule has 0 fully saturated rings. The maximum atomic E-state index is 14.3. The van der Waals surface area contributed by atoms with Crippen LogP contribution in [0.3, 0.4) is 0 Å². The second-order valence-corrected chi connectivity index (χ2v) is 8.35. The van der Waals surface area contributed by atoms with Crippen LogP contribution >= 0.6 is 15.9 Å². The topological polar surface area (TPSA) is 92.9 Å². The largest absolute Gasteiger partial charge is 0.439 e. The van der Waals surface area contributed by atoms with E-state index in [1.54, 1.807) is 54.1 Å². The molecule has 2 aromatic heterocycles. The van der Waals surface area contributed by atoms with Crippen molar-refractivity contribution in [2.24, 2.45) is 7.05 Å². The van der Waals surface area contributed by atoms with Gasteiger partial charge in [-0.1, -0.05) is 51.4 Å². The number of aryl methyl sites for hydroxylation is 1. The van der Waals surface area contributed by atoms with Gasteiger partial charge in [0, 0.05) is 33.6 Å². The SMILES string of the molecule is Cn1c(C(=O)Nc2ccc(Br)cc2-c2noc(=O)[nH]2)cc2ccc(-c3ccccc3F)cc21. The van der Waals surface area contributed by atoms with Gasteiger partial charge in [-0.15, -0.1) is 0 Å². The van der Waals surface area contributed by atoms with Gasteiger partial charge in [-0.05, 0) is 42.0 Å². The van der Waals surface area contributed by atoms with Gasteiger partial charge in [-0.3, -0.25) is 14.3 Å². The number of carbonyl (C=O) groups is 1. The van der Waals surface area contributed by atoms with Crippen LogP contribution < -0.4 is 11.1 Å². The minimum Gasteiger partial charge on any atom is -0.340 e. The molecule has 0 saturated carbocycles. The standard InChI is InChI=1S/C24H16BrFN4O3/c1-30-20-10-13(16-4-2-3-5-18(16)26)6-7-14(20)11-21(30)23(31)27-19-9-8-15(25)12-17(19)22-28-24(32)33-29-22/h2-12H,1H3,(H,27,31)(H,28,29,32). The lowest BCUT2D eigenvalue weighted by atomic mass is 10.0. The Hall–Kier alpha value is -3.98. The second-order valence-electron chi connectivity index (χ2n) is 7.43. The molecule has 5 aromatic rings. The summed E-state index contributed by atoms with van der Waals surface area (Å²) in [6.07, 6.45) is 0. The summed E-state index contributed by atoms with van der Waals surface area (Å²) < 4.78 is 21.3. The smallest absolute Gasteiger partial charge is 0.340 e. The van der Waals surface area contributed by atoms with Crippen molar-refractivity contribution >= 4 is 38.4 Å². The fraction of sp³-hybridized carbons (Fsp3) is 0.0417. The van der Waals surface area contributed by atoms with Gasteiger partial charge in [0.15, 0.2) is 5.82 Å². The van der Waals surface area contributed by atoms with Crippen LogP contribution in [0, 0.1) is 5.82 Å². The highest BCUT2D eigenvalue weighted by atomic mass is 79.9. The number of carbonyl (C=O) groups excluding carboxylic acids is 1. The Morgan fingerprint density at radius 1 is 1.09 bits per heavy atom. The van der Waals surface area contributed by atoms with Gasteiger partial charge in [0.2, 0.25) is 0 Å². The zero-order valence-electron chi connectivity index (χ0n) is 17.2. The number of amides is 1. The summed E-state index contributed by atoms with van der Waals surface area (Å²) in [5, 5.41) is 7.44. The molecule has 0 spiro atoms. The van der Waals surface area contributed by atoms with E-state index < -0.39 is 5.76 Å². The molecule has 0 bridgehead atoms. The van der Waals surface area contributed by atoms with Crippen molar-refractivity contribution in [3.63, 3.8) is 0 Å². The minimum absolute atomic E-state index is 0.197. The van der Waals surface area contributed by atoms with Crippen molar-refractivity contribution in [2.75, 3.05) is 5.32 Å². The fourth-order valence-corrected chi connectivity index (χ4v) is 4.13. The number of rotatable bonds is 4. The van der Waals surface area contributed by atoms with Gasteiger partial charge in [0.25, 0.3) is 5.91 Å². The number of anilines is 1. The number of nitrogens with zero attached hydrogens (tertiary/aromatic N) is 2. The summed E-state index contributed by atoms with van der Waals surface area (Å²) in [5.74, 6) is -1.15. The number of aromatic nitrogens is 3. The second kappa shape index (κ2) is 8.18. The molecular formula is C24H16BrFN4O3. The highest BCUT2D eigenvalue weighted by molar-refractivity contribution is 9.10. The molecule has 0 saturated heterocycles. The van der Waals surface area contributed by atoms with Gasteiger partial charge in [-0.2, -0.15) is 0 Å². The van der Waals surface area contributed by atoms with Gasteiger partial charge < -0.3 is 9.88 Å². The first-order valence-electron chi connectivity index (χ1n) is 9.92. The van der Waals surface area contributed by atoms with Crippen molar-refractivity contribution in [1.29, 1.82) is 0 Å². The Labute approximate surface area is 195 Å². The molecule has 0 atom stereocenters. The Balaban J connectivity index is 1.52. The normalized spacial score (nSPS) is 11.1. The molecule has 0 aliphatic heterocycles. The molecule has 0 aliphatic carbocycles. The van der Waals surface area contributed by atoms with Crippen LogP contribution in [0.5, 0.6) is 0 Å². The lowest BCUT2D eigenvalue weighted by Crippen LogP contribution is -2.16. The predicted octanol–water partition coefficient (Wildman–Crippen LogP) is 5.34. The highest BCUT2D eigenvalue weighted by Crippen LogP contribution is 2.31. The quantitative estimate of drug-likeness (QED) is 0.344. The Kier molecular flexibility index (Phi) is 5.18. The van der Waals surface area contributed by atoms with Crippen LogP contribution in [0.1, 0.15) is 10.5 Å². The Morgan fingerprint density at radius 2 is 1.91 bits per heavy atom. The summed E-state index contributed by atoms with van der Waals surface area (Å²) >= 11 is 3.38. The molecule has 0 unspecified atom stereocenters. The van der Waals surface area contributed by atoms with Crippen molar-refractivity contribution < 1.29 is 13.7 Å². The third-order valence-electron chi connectivity index (χ3n) is 5.39. The number of hydrogen-bond donors (Lipinski definition) is 2. The molecule has 33 heavy (non-hydrogen) atoms. The molecule has 0 radical (unpaired) electrons. The molecule has 2 N–H and O–H groups in total.